The van der Waals surface area contributed by atoms with Crippen LogP contribution >= 0.6 is 0 Å². The highest BCUT2D eigenvalue weighted by molar-refractivity contribution is 5.22. The van der Waals surface area contributed by atoms with E-state index in [1.165, 1.54) is 11.1 Å². The fourth-order valence-corrected chi connectivity index (χ4v) is 2.06. The van der Waals surface area contributed by atoms with Crippen molar-refractivity contribution in [2.75, 3.05) is 26.2 Å². The van der Waals surface area contributed by atoms with Crippen LogP contribution in [0.4, 0.5) is 0 Å². The second-order valence-electron chi connectivity index (χ2n) is 4.89. The molecule has 0 aliphatic heterocycles. The molecule has 0 unspecified atom stereocenters. The van der Waals surface area contributed by atoms with Gasteiger partial charge in [-0.2, -0.15) is 0 Å². The maximum atomic E-state index is 8.69. The fraction of sp³-hybridized carbons (Fsp3) is 0.625. The van der Waals surface area contributed by atoms with Crippen LogP contribution in [0.5, 0.6) is 0 Å². The van der Waals surface area contributed by atoms with Gasteiger partial charge >= 0.3 is 0 Å². The summed E-state index contributed by atoms with van der Waals surface area (Å²) in [6.45, 7) is 9.83. The first-order chi connectivity index (χ1) is 9.30. The Labute approximate surface area is 117 Å². The highest BCUT2D eigenvalue weighted by Crippen LogP contribution is 2.07. The summed E-state index contributed by atoms with van der Waals surface area (Å²) in [6, 6.07) is 8.86. The topological polar surface area (TPSA) is 35.5 Å². The van der Waals surface area contributed by atoms with Crippen LogP contribution in [0.3, 0.4) is 0 Å². The Hall–Kier alpha value is -0.900. The number of hydrogen-bond acceptors (Lipinski definition) is 3. The lowest BCUT2D eigenvalue weighted by molar-refractivity contribution is 0.283. The van der Waals surface area contributed by atoms with Crippen molar-refractivity contribution in [3.8, 4) is 0 Å². The molecule has 0 spiro atoms. The summed E-state index contributed by atoms with van der Waals surface area (Å²) in [5, 5.41) is 12.1. The van der Waals surface area contributed by atoms with Gasteiger partial charge in [-0.3, -0.25) is 4.90 Å². The smallest absolute Gasteiger partial charge is 0.0431 e. The van der Waals surface area contributed by atoms with Gasteiger partial charge in [0.15, 0.2) is 0 Å². The van der Waals surface area contributed by atoms with E-state index in [0.717, 1.165) is 45.6 Å². The summed E-state index contributed by atoms with van der Waals surface area (Å²) in [5.41, 5.74) is 2.71. The summed E-state index contributed by atoms with van der Waals surface area (Å²) in [4.78, 5) is 2.42. The number of unbranched alkanes of at least 4 members (excludes halogenated alkanes) is 1. The molecule has 0 amide bonds. The number of nitrogens with one attached hydrogen (secondary N) is 1. The quantitative estimate of drug-likeness (QED) is 0.637. The number of aliphatic hydroxyl groups is 1. The molecule has 3 nitrogen and oxygen atoms in total. The molecule has 0 radical (unpaired) electrons. The second kappa shape index (κ2) is 9.96. The Bertz CT molecular complexity index is 320. The monoisotopic (exact) mass is 264 g/mol. The van der Waals surface area contributed by atoms with Crippen LogP contribution in [-0.2, 0) is 13.1 Å². The van der Waals surface area contributed by atoms with Crippen LogP contribution in [0.25, 0.3) is 0 Å². The third kappa shape index (κ3) is 6.71. The van der Waals surface area contributed by atoms with Crippen LogP contribution in [0, 0.1) is 0 Å². The lowest BCUT2D eigenvalue weighted by atomic mass is 10.1. The second-order valence-corrected chi connectivity index (χ2v) is 4.89. The molecular formula is C16H28N2O. The van der Waals surface area contributed by atoms with Gasteiger partial charge in [-0.15, -0.1) is 0 Å². The standard InChI is InChI=1S/C16H28N2O/c1-3-18(4-2)14-16-9-7-15(8-10-16)13-17-11-5-6-12-19/h7-10,17,19H,3-6,11-14H2,1-2H3. The maximum absolute atomic E-state index is 8.69. The van der Waals surface area contributed by atoms with Gasteiger partial charge in [0.1, 0.15) is 0 Å². The Morgan fingerprint density at radius 2 is 1.63 bits per heavy atom. The van der Waals surface area contributed by atoms with E-state index < -0.39 is 0 Å². The summed E-state index contributed by atoms with van der Waals surface area (Å²) < 4.78 is 0. The van der Waals surface area contributed by atoms with Gasteiger partial charge in [0.05, 0.1) is 0 Å². The minimum Gasteiger partial charge on any atom is -0.396 e. The summed E-state index contributed by atoms with van der Waals surface area (Å²) in [5.74, 6) is 0. The minimum atomic E-state index is 0.293. The Kier molecular flexibility index (Phi) is 8.47. The van der Waals surface area contributed by atoms with Crippen LogP contribution in [0.15, 0.2) is 24.3 Å². The van der Waals surface area contributed by atoms with Crippen LogP contribution < -0.4 is 5.32 Å². The lowest BCUT2D eigenvalue weighted by Gasteiger charge is -2.18. The summed E-state index contributed by atoms with van der Waals surface area (Å²) in [7, 11) is 0. The Morgan fingerprint density at radius 1 is 1.00 bits per heavy atom. The van der Waals surface area contributed by atoms with Gasteiger partial charge in [0.2, 0.25) is 0 Å². The van der Waals surface area contributed by atoms with Gasteiger partial charge < -0.3 is 10.4 Å². The predicted molar refractivity (Wildman–Crippen MR) is 81.1 cm³/mol. The SMILES string of the molecule is CCN(CC)Cc1ccc(CNCCCCO)cc1. The highest BCUT2D eigenvalue weighted by Gasteiger charge is 2.01. The molecule has 19 heavy (non-hydrogen) atoms. The van der Waals surface area contributed by atoms with E-state index in [4.69, 9.17) is 5.11 Å². The predicted octanol–water partition coefficient (Wildman–Crippen LogP) is 2.39. The molecule has 1 aromatic rings. The number of hydrogen-bond donors (Lipinski definition) is 2. The lowest BCUT2D eigenvalue weighted by Crippen LogP contribution is -2.22. The maximum Gasteiger partial charge on any atom is 0.0431 e. The van der Waals surface area contributed by atoms with Crippen LogP contribution in [0.1, 0.15) is 37.8 Å². The van der Waals surface area contributed by atoms with E-state index in [9.17, 15) is 0 Å². The third-order valence-corrected chi connectivity index (χ3v) is 3.41. The van der Waals surface area contributed by atoms with Gasteiger partial charge in [0.25, 0.3) is 0 Å². The average Bonchev–Trinajstić information content (AvgIpc) is 2.46. The number of aliphatic hydroxyl groups excluding tert-OH is 1. The number of benzene rings is 1. The van der Waals surface area contributed by atoms with Crippen molar-refractivity contribution in [1.82, 2.24) is 10.2 Å². The van der Waals surface area contributed by atoms with E-state index in [1.54, 1.807) is 0 Å². The minimum absolute atomic E-state index is 0.293. The normalized spacial score (nSPS) is 11.2. The van der Waals surface area contributed by atoms with Gasteiger partial charge in [-0.1, -0.05) is 38.1 Å². The largest absolute Gasteiger partial charge is 0.396 e. The van der Waals surface area contributed by atoms with E-state index in [0.29, 0.717) is 6.61 Å². The van der Waals surface area contributed by atoms with Crippen molar-refractivity contribution < 1.29 is 5.11 Å². The van der Waals surface area contributed by atoms with Gasteiger partial charge in [-0.25, -0.2) is 0 Å². The number of rotatable bonds is 10. The molecule has 0 atom stereocenters. The molecule has 1 rings (SSSR count). The summed E-state index contributed by atoms with van der Waals surface area (Å²) >= 11 is 0. The zero-order valence-corrected chi connectivity index (χ0v) is 12.4. The molecule has 0 saturated carbocycles. The Balaban J connectivity index is 2.30. The van der Waals surface area contributed by atoms with Crippen LogP contribution in [0.2, 0.25) is 0 Å². The molecule has 0 saturated heterocycles. The van der Waals surface area contributed by atoms with Crippen molar-refractivity contribution in [2.24, 2.45) is 0 Å². The zero-order chi connectivity index (χ0) is 13.9. The van der Waals surface area contributed by atoms with Crippen molar-refractivity contribution in [2.45, 2.75) is 39.8 Å². The summed E-state index contributed by atoms with van der Waals surface area (Å²) in [6.07, 6.45) is 1.92. The Morgan fingerprint density at radius 3 is 2.21 bits per heavy atom. The first-order valence-electron chi connectivity index (χ1n) is 7.41. The van der Waals surface area contributed by atoms with Crippen molar-refractivity contribution in [1.29, 1.82) is 0 Å². The van der Waals surface area contributed by atoms with E-state index >= 15 is 0 Å². The first kappa shape index (κ1) is 16.2. The molecule has 0 aliphatic rings. The molecule has 3 heteroatoms. The molecule has 0 fully saturated rings. The average molecular weight is 264 g/mol. The molecule has 108 valence electrons. The van der Waals surface area contributed by atoms with Crippen molar-refractivity contribution in [3.63, 3.8) is 0 Å². The first-order valence-corrected chi connectivity index (χ1v) is 7.41. The highest BCUT2D eigenvalue weighted by atomic mass is 16.2. The van der Waals surface area contributed by atoms with E-state index in [-0.39, 0.29) is 0 Å². The third-order valence-electron chi connectivity index (χ3n) is 3.41. The van der Waals surface area contributed by atoms with E-state index in [1.807, 2.05) is 0 Å². The molecular weight excluding hydrogens is 236 g/mol. The zero-order valence-electron chi connectivity index (χ0n) is 12.4. The van der Waals surface area contributed by atoms with Crippen molar-refractivity contribution in [3.05, 3.63) is 35.4 Å². The van der Waals surface area contributed by atoms with E-state index in [2.05, 4.69) is 48.3 Å². The fourth-order valence-electron chi connectivity index (χ4n) is 2.06. The van der Waals surface area contributed by atoms with Gasteiger partial charge in [-0.05, 0) is 43.6 Å². The molecule has 1 aromatic carbocycles. The van der Waals surface area contributed by atoms with Crippen molar-refractivity contribution >= 4 is 0 Å². The molecule has 2 N–H and O–H groups in total. The molecule has 0 bridgehead atoms. The van der Waals surface area contributed by atoms with Gasteiger partial charge in [0, 0.05) is 19.7 Å². The molecule has 0 heterocycles. The number of nitrogens with zero attached hydrogens (tertiary/aromatic N) is 1. The van der Waals surface area contributed by atoms with Crippen LogP contribution in [-0.4, -0.2) is 36.2 Å². The molecule has 0 aliphatic carbocycles. The molecule has 0 aromatic heterocycles.